The minimum absolute atomic E-state index is 0.0109. The van der Waals surface area contributed by atoms with Crippen molar-refractivity contribution in [3.63, 3.8) is 0 Å². The van der Waals surface area contributed by atoms with E-state index >= 15 is 0 Å². The van der Waals surface area contributed by atoms with Crippen LogP contribution < -0.4 is 5.56 Å². The van der Waals surface area contributed by atoms with Crippen molar-refractivity contribution >= 4 is 16.8 Å². The van der Waals surface area contributed by atoms with E-state index in [1.54, 1.807) is 22.8 Å². The van der Waals surface area contributed by atoms with E-state index < -0.39 is 22.7 Å². The number of hydrogen-bond acceptors (Lipinski definition) is 4. The number of likely N-dealkylation sites (tertiary alicyclic amines) is 1. The molecule has 10 heteroatoms. The summed E-state index contributed by atoms with van der Waals surface area (Å²) >= 11 is 0. The molecule has 0 aromatic carbocycles. The molecule has 1 aliphatic rings. The number of alkyl halides is 3. The van der Waals surface area contributed by atoms with Gasteiger partial charge >= 0.3 is 6.18 Å². The summed E-state index contributed by atoms with van der Waals surface area (Å²) in [6.07, 6.45) is -0.106. The van der Waals surface area contributed by atoms with Crippen LogP contribution in [0.1, 0.15) is 46.1 Å². The molecule has 158 valence electrons. The van der Waals surface area contributed by atoms with Crippen LogP contribution in [0.15, 0.2) is 29.3 Å². The maximum Gasteiger partial charge on any atom is 0.417 e. The molecule has 1 amide bonds. The van der Waals surface area contributed by atoms with E-state index in [1.165, 1.54) is 19.2 Å². The van der Waals surface area contributed by atoms with Gasteiger partial charge in [0.05, 0.1) is 28.2 Å². The average molecular weight is 419 g/mol. The summed E-state index contributed by atoms with van der Waals surface area (Å²) in [5.41, 5.74) is -0.660. The number of pyridine rings is 2. The molecule has 0 saturated carbocycles. The highest BCUT2D eigenvalue weighted by Crippen LogP contribution is 2.34. The van der Waals surface area contributed by atoms with Gasteiger partial charge in [0.25, 0.3) is 11.5 Å². The maximum absolute atomic E-state index is 13.4. The molecule has 1 atom stereocenters. The molecule has 1 saturated heterocycles. The number of aromatic amines is 1. The number of aryl methyl sites for hydroxylation is 2. The Morgan fingerprint density at radius 2 is 2.07 bits per heavy atom. The highest BCUT2D eigenvalue weighted by atomic mass is 19.4. The fraction of sp³-hybridized carbons (Fsp3) is 0.400. The van der Waals surface area contributed by atoms with Crippen molar-refractivity contribution in [1.29, 1.82) is 0 Å². The van der Waals surface area contributed by atoms with Gasteiger partial charge in [-0.05, 0) is 31.9 Å². The lowest BCUT2D eigenvalue weighted by Crippen LogP contribution is -2.39. The number of rotatable bonds is 2. The summed E-state index contributed by atoms with van der Waals surface area (Å²) < 4.78 is 41.8. The number of nitrogens with one attached hydrogen (secondary N) is 1. The van der Waals surface area contributed by atoms with Gasteiger partial charge in [0.1, 0.15) is 0 Å². The van der Waals surface area contributed by atoms with E-state index in [0.29, 0.717) is 37.2 Å². The lowest BCUT2D eigenvalue weighted by Gasteiger charge is -2.32. The highest BCUT2D eigenvalue weighted by Gasteiger charge is 2.35. The zero-order chi connectivity index (χ0) is 21.6. The molecule has 3 aromatic rings. The van der Waals surface area contributed by atoms with Crippen molar-refractivity contribution < 1.29 is 18.0 Å². The van der Waals surface area contributed by atoms with Crippen molar-refractivity contribution in [2.24, 2.45) is 7.05 Å². The zero-order valence-electron chi connectivity index (χ0n) is 16.5. The lowest BCUT2D eigenvalue weighted by molar-refractivity contribution is -0.136. The van der Waals surface area contributed by atoms with Crippen LogP contribution in [0, 0.1) is 6.92 Å². The summed E-state index contributed by atoms with van der Waals surface area (Å²) in [5, 5.41) is 3.55. The molecule has 3 aromatic heterocycles. The summed E-state index contributed by atoms with van der Waals surface area (Å²) in [5.74, 6) is -0.364. The molecule has 4 rings (SSSR count). The van der Waals surface area contributed by atoms with Gasteiger partial charge < -0.3 is 9.88 Å². The van der Waals surface area contributed by atoms with E-state index in [2.05, 4.69) is 15.1 Å². The number of halogens is 3. The normalized spacial score (nSPS) is 17.5. The number of aromatic nitrogens is 4. The van der Waals surface area contributed by atoms with Crippen LogP contribution >= 0.6 is 0 Å². The topological polar surface area (TPSA) is 83.9 Å². The Bertz CT molecular complexity index is 1180. The SMILES string of the molecule is Cc1cc(C(F)(F)F)c2c(=O)[nH]c(C3CCCN(C(=O)c4cnn(C)c4)C3)cc2n1. The monoisotopic (exact) mass is 419 g/mol. The highest BCUT2D eigenvalue weighted by molar-refractivity contribution is 5.93. The summed E-state index contributed by atoms with van der Waals surface area (Å²) in [6, 6.07) is 2.38. The van der Waals surface area contributed by atoms with Gasteiger partial charge in [-0.2, -0.15) is 18.3 Å². The number of H-pyrrole nitrogens is 1. The van der Waals surface area contributed by atoms with E-state index in [9.17, 15) is 22.8 Å². The molecular formula is C20H20F3N5O2. The first-order valence-electron chi connectivity index (χ1n) is 9.53. The Morgan fingerprint density at radius 1 is 1.30 bits per heavy atom. The van der Waals surface area contributed by atoms with Crippen LogP contribution in [0.2, 0.25) is 0 Å². The Balaban J connectivity index is 1.69. The third kappa shape index (κ3) is 3.69. The zero-order valence-corrected chi connectivity index (χ0v) is 16.5. The first-order chi connectivity index (χ1) is 14.1. The predicted octanol–water partition coefficient (Wildman–Crippen LogP) is 3.00. The number of amides is 1. The summed E-state index contributed by atoms with van der Waals surface area (Å²) in [4.78, 5) is 33.7. The molecule has 7 nitrogen and oxygen atoms in total. The number of carbonyl (C=O) groups excluding carboxylic acids is 1. The fourth-order valence-electron chi connectivity index (χ4n) is 3.99. The summed E-state index contributed by atoms with van der Waals surface area (Å²) in [7, 11) is 1.72. The average Bonchev–Trinajstić information content (AvgIpc) is 3.12. The maximum atomic E-state index is 13.4. The molecule has 0 radical (unpaired) electrons. The van der Waals surface area contributed by atoms with Crippen molar-refractivity contribution in [2.75, 3.05) is 13.1 Å². The molecule has 0 aliphatic carbocycles. The predicted molar refractivity (Wildman–Crippen MR) is 103 cm³/mol. The number of hydrogen-bond donors (Lipinski definition) is 1. The van der Waals surface area contributed by atoms with Crippen LogP contribution in [-0.4, -0.2) is 43.6 Å². The molecule has 1 unspecified atom stereocenters. The Hall–Kier alpha value is -3.17. The van der Waals surface area contributed by atoms with E-state index in [0.717, 1.165) is 6.07 Å². The van der Waals surface area contributed by atoms with Crippen molar-refractivity contribution in [2.45, 2.75) is 31.9 Å². The van der Waals surface area contributed by atoms with Crippen molar-refractivity contribution in [3.05, 3.63) is 57.4 Å². The molecule has 0 spiro atoms. The van der Waals surface area contributed by atoms with Crippen molar-refractivity contribution in [3.8, 4) is 0 Å². The lowest BCUT2D eigenvalue weighted by atomic mass is 9.93. The van der Waals surface area contributed by atoms with Gasteiger partial charge in [0.2, 0.25) is 0 Å². The van der Waals surface area contributed by atoms with Gasteiger partial charge in [-0.25, -0.2) is 0 Å². The van der Waals surface area contributed by atoms with Gasteiger partial charge in [-0.1, -0.05) is 0 Å². The fourth-order valence-corrected chi connectivity index (χ4v) is 3.99. The minimum atomic E-state index is -4.65. The minimum Gasteiger partial charge on any atom is -0.338 e. The standard InChI is InChI=1S/C20H20F3N5O2/c1-11-6-14(20(21,22)23)17-16(25-11)7-15(26-18(17)29)12-4-3-5-28(10-12)19(30)13-8-24-27(2)9-13/h6-9,12H,3-5,10H2,1-2H3,(H,26,29). The van der Waals surface area contributed by atoms with E-state index in [-0.39, 0.29) is 23.0 Å². The van der Waals surface area contributed by atoms with Crippen LogP contribution in [0.3, 0.4) is 0 Å². The summed E-state index contributed by atoms with van der Waals surface area (Å²) in [6.45, 7) is 2.38. The second-order valence-corrected chi connectivity index (χ2v) is 7.62. The molecule has 1 fully saturated rings. The van der Waals surface area contributed by atoms with E-state index in [1.807, 2.05) is 0 Å². The smallest absolute Gasteiger partial charge is 0.338 e. The van der Waals surface area contributed by atoms with Crippen LogP contribution in [0.4, 0.5) is 13.2 Å². The third-order valence-corrected chi connectivity index (χ3v) is 5.36. The van der Waals surface area contributed by atoms with Gasteiger partial charge in [0, 0.05) is 43.6 Å². The second-order valence-electron chi connectivity index (χ2n) is 7.62. The number of piperidine rings is 1. The Labute approximate surface area is 169 Å². The van der Waals surface area contributed by atoms with Crippen molar-refractivity contribution in [1.82, 2.24) is 24.6 Å². The molecule has 4 heterocycles. The number of carbonyl (C=O) groups is 1. The number of nitrogens with zero attached hydrogens (tertiary/aromatic N) is 4. The first kappa shape index (κ1) is 20.1. The third-order valence-electron chi connectivity index (χ3n) is 5.36. The van der Waals surface area contributed by atoms with Crippen LogP contribution in [0.25, 0.3) is 10.9 Å². The first-order valence-corrected chi connectivity index (χ1v) is 9.53. The van der Waals surface area contributed by atoms with E-state index in [4.69, 9.17) is 0 Å². The molecule has 0 bridgehead atoms. The number of fused-ring (bicyclic) bond motifs is 1. The largest absolute Gasteiger partial charge is 0.417 e. The molecule has 1 aliphatic heterocycles. The second kappa shape index (κ2) is 7.26. The Morgan fingerprint density at radius 3 is 2.73 bits per heavy atom. The molecule has 1 N–H and O–H groups in total. The quantitative estimate of drug-likeness (QED) is 0.692. The Kier molecular flexibility index (Phi) is 4.87. The van der Waals surface area contributed by atoms with Gasteiger partial charge in [0.15, 0.2) is 0 Å². The molecular weight excluding hydrogens is 399 g/mol. The van der Waals surface area contributed by atoms with Crippen LogP contribution in [0.5, 0.6) is 0 Å². The molecule has 30 heavy (non-hydrogen) atoms. The van der Waals surface area contributed by atoms with Gasteiger partial charge in [-0.3, -0.25) is 19.3 Å². The van der Waals surface area contributed by atoms with Gasteiger partial charge in [-0.15, -0.1) is 0 Å². The van der Waals surface area contributed by atoms with Crippen LogP contribution in [-0.2, 0) is 13.2 Å².